The number of rotatable bonds is 5. The minimum Gasteiger partial charge on any atom is -0.360 e. The molecule has 0 saturated carbocycles. The van der Waals surface area contributed by atoms with Gasteiger partial charge in [-0.15, -0.1) is 10.2 Å². The maximum Gasteiger partial charge on any atom is 0.235 e. The summed E-state index contributed by atoms with van der Waals surface area (Å²) in [7, 11) is 0. The van der Waals surface area contributed by atoms with E-state index >= 15 is 0 Å². The maximum absolute atomic E-state index is 13.1. The Balaban J connectivity index is 1.56. The zero-order valence-corrected chi connectivity index (χ0v) is 19.2. The van der Waals surface area contributed by atoms with Gasteiger partial charge in [-0.2, -0.15) is 0 Å². The summed E-state index contributed by atoms with van der Waals surface area (Å²) in [5.41, 5.74) is 4.21. The molecule has 1 amide bonds. The molecule has 1 aliphatic heterocycles. The monoisotopic (exact) mass is 445 g/mol. The summed E-state index contributed by atoms with van der Waals surface area (Å²) in [6, 6.07) is 16.4. The van der Waals surface area contributed by atoms with Crippen LogP contribution in [0, 0.1) is 6.92 Å². The largest absolute Gasteiger partial charge is 0.360 e. The number of para-hydroxylation sites is 2. The van der Waals surface area contributed by atoms with Crippen LogP contribution in [-0.2, 0) is 4.79 Å². The predicted molar refractivity (Wildman–Crippen MR) is 129 cm³/mol. The van der Waals surface area contributed by atoms with Gasteiger partial charge in [0, 0.05) is 35.8 Å². The average Bonchev–Trinajstić information content (AvgIpc) is 3.43. The molecule has 4 aromatic rings. The molecule has 0 spiro atoms. The van der Waals surface area contributed by atoms with Crippen LogP contribution in [0.4, 0.5) is 0 Å². The average molecular weight is 446 g/mol. The van der Waals surface area contributed by atoms with Crippen molar-refractivity contribution < 1.29 is 4.79 Å². The number of hydrogen-bond donors (Lipinski definition) is 1. The highest BCUT2D eigenvalue weighted by Gasteiger charge is 2.27. The molecule has 0 bridgehead atoms. The normalized spacial score (nSPS) is 15.2. The van der Waals surface area contributed by atoms with Gasteiger partial charge in [0.1, 0.15) is 0 Å². The number of aryl methyl sites for hydroxylation is 1. The molecule has 2 aromatic carbocycles. The van der Waals surface area contributed by atoms with E-state index in [-0.39, 0.29) is 11.2 Å². The minimum atomic E-state index is -0.226. The van der Waals surface area contributed by atoms with Crippen LogP contribution in [-0.4, -0.2) is 48.9 Å². The second kappa shape index (κ2) is 8.82. The molecule has 1 N–H and O–H groups in total. The van der Waals surface area contributed by atoms with Crippen molar-refractivity contribution in [2.75, 3.05) is 13.1 Å². The number of amides is 1. The van der Waals surface area contributed by atoms with Gasteiger partial charge in [0.05, 0.1) is 10.9 Å². The summed E-state index contributed by atoms with van der Waals surface area (Å²) in [6.45, 7) is 5.78. The number of nitrogens with one attached hydrogen (secondary N) is 1. The van der Waals surface area contributed by atoms with Gasteiger partial charge in [0.25, 0.3) is 0 Å². The van der Waals surface area contributed by atoms with E-state index in [1.807, 2.05) is 42.3 Å². The van der Waals surface area contributed by atoms with E-state index < -0.39 is 0 Å². The number of hydrogen-bond acceptors (Lipinski definition) is 4. The molecular weight excluding hydrogens is 418 g/mol. The topological polar surface area (TPSA) is 66.8 Å². The fraction of sp³-hybridized carbons (Fsp3) is 0.320. The van der Waals surface area contributed by atoms with Crippen LogP contribution in [0.2, 0.25) is 0 Å². The number of piperidine rings is 1. The Hall–Kier alpha value is -3.06. The van der Waals surface area contributed by atoms with E-state index in [2.05, 4.69) is 50.9 Å². The van der Waals surface area contributed by atoms with E-state index in [0.717, 1.165) is 64.6 Å². The van der Waals surface area contributed by atoms with Gasteiger partial charge in [0.2, 0.25) is 5.91 Å². The van der Waals surface area contributed by atoms with Crippen LogP contribution in [0.15, 0.2) is 59.9 Å². The van der Waals surface area contributed by atoms with Crippen LogP contribution in [0.5, 0.6) is 0 Å². The molecule has 32 heavy (non-hydrogen) atoms. The van der Waals surface area contributed by atoms with Crippen molar-refractivity contribution >= 4 is 28.6 Å². The van der Waals surface area contributed by atoms with Gasteiger partial charge < -0.3 is 9.88 Å². The van der Waals surface area contributed by atoms with Gasteiger partial charge in [-0.1, -0.05) is 48.2 Å². The van der Waals surface area contributed by atoms with Gasteiger partial charge >= 0.3 is 0 Å². The summed E-state index contributed by atoms with van der Waals surface area (Å²) in [4.78, 5) is 18.4. The number of H-pyrrole nitrogens is 1. The van der Waals surface area contributed by atoms with Gasteiger partial charge in [0.15, 0.2) is 11.0 Å². The van der Waals surface area contributed by atoms with Crippen molar-refractivity contribution in [3.63, 3.8) is 0 Å². The van der Waals surface area contributed by atoms with Crippen molar-refractivity contribution in [1.29, 1.82) is 0 Å². The molecule has 2 aromatic heterocycles. The van der Waals surface area contributed by atoms with Crippen LogP contribution >= 0.6 is 11.8 Å². The van der Waals surface area contributed by atoms with Crippen molar-refractivity contribution in [2.45, 2.75) is 43.5 Å². The van der Waals surface area contributed by atoms with Gasteiger partial charge in [-0.05, 0) is 50.8 Å². The summed E-state index contributed by atoms with van der Waals surface area (Å²) >= 11 is 1.49. The number of thioether (sulfide) groups is 1. The highest BCUT2D eigenvalue weighted by atomic mass is 32.2. The zero-order chi connectivity index (χ0) is 22.1. The summed E-state index contributed by atoms with van der Waals surface area (Å²) in [5.74, 6) is 0.958. The highest BCUT2D eigenvalue weighted by Crippen LogP contribution is 2.34. The van der Waals surface area contributed by atoms with Crippen LogP contribution in [0.1, 0.15) is 31.7 Å². The molecule has 1 atom stereocenters. The lowest BCUT2D eigenvalue weighted by Gasteiger charge is -2.28. The summed E-state index contributed by atoms with van der Waals surface area (Å²) in [5, 5.41) is 10.8. The molecule has 6 nitrogen and oxygen atoms in total. The van der Waals surface area contributed by atoms with E-state index in [1.54, 1.807) is 0 Å². The first-order valence-corrected chi connectivity index (χ1v) is 12.0. The molecule has 7 heteroatoms. The number of carbonyl (C=O) groups excluding carboxylic acids is 1. The third-order valence-corrected chi connectivity index (χ3v) is 7.15. The number of aromatic nitrogens is 4. The minimum absolute atomic E-state index is 0.183. The first kappa shape index (κ1) is 20.8. The first-order chi connectivity index (χ1) is 15.6. The molecule has 3 heterocycles. The summed E-state index contributed by atoms with van der Waals surface area (Å²) in [6.07, 6.45) is 5.38. The quantitative estimate of drug-likeness (QED) is 0.428. The molecule has 1 saturated heterocycles. The Bertz CT molecular complexity index is 1250. The second-order valence-electron chi connectivity index (χ2n) is 8.32. The Labute approximate surface area is 192 Å². The molecule has 1 aliphatic rings. The van der Waals surface area contributed by atoms with E-state index in [0.29, 0.717) is 0 Å². The Morgan fingerprint density at radius 3 is 2.59 bits per heavy atom. The lowest BCUT2D eigenvalue weighted by Crippen LogP contribution is -2.40. The van der Waals surface area contributed by atoms with E-state index in [9.17, 15) is 4.79 Å². The van der Waals surface area contributed by atoms with Crippen molar-refractivity contribution in [3.8, 4) is 17.1 Å². The lowest BCUT2D eigenvalue weighted by atomic mass is 10.1. The van der Waals surface area contributed by atoms with Gasteiger partial charge in [-0.25, -0.2) is 0 Å². The molecule has 0 radical (unpaired) electrons. The number of fused-ring (bicyclic) bond motifs is 1. The van der Waals surface area contributed by atoms with Crippen LogP contribution < -0.4 is 0 Å². The Morgan fingerprint density at radius 2 is 1.78 bits per heavy atom. The molecule has 1 fully saturated rings. The SMILES string of the molecule is Cc1ccccc1-n1c(S[C@H](C)C(=O)N2CCCCC2)nnc1-c1c[nH]c2ccccc12. The predicted octanol–water partition coefficient (Wildman–Crippen LogP) is 5.22. The highest BCUT2D eigenvalue weighted by molar-refractivity contribution is 8.00. The maximum atomic E-state index is 13.1. The van der Waals surface area contributed by atoms with Crippen molar-refractivity contribution in [1.82, 2.24) is 24.6 Å². The molecule has 5 rings (SSSR count). The lowest BCUT2D eigenvalue weighted by molar-refractivity contribution is -0.131. The molecule has 164 valence electrons. The van der Waals surface area contributed by atoms with E-state index in [1.165, 1.54) is 18.2 Å². The number of benzene rings is 2. The fourth-order valence-corrected chi connectivity index (χ4v) is 5.33. The van der Waals surface area contributed by atoms with Crippen molar-refractivity contribution in [2.24, 2.45) is 0 Å². The number of nitrogens with zero attached hydrogens (tertiary/aromatic N) is 4. The second-order valence-corrected chi connectivity index (χ2v) is 9.63. The van der Waals surface area contributed by atoms with Crippen molar-refractivity contribution in [3.05, 3.63) is 60.3 Å². The zero-order valence-electron chi connectivity index (χ0n) is 18.4. The number of likely N-dealkylation sites (tertiary alicyclic amines) is 1. The standard InChI is InChI=1S/C25H27N5OS/c1-17-10-4-7-13-22(17)30-23(20-16-26-21-12-6-5-11-19(20)21)27-28-25(30)32-18(2)24(31)29-14-8-3-9-15-29/h4-7,10-13,16,18,26H,3,8-9,14-15H2,1-2H3/t18-/m1/s1. The summed E-state index contributed by atoms with van der Waals surface area (Å²) < 4.78 is 2.09. The third-order valence-electron chi connectivity index (χ3n) is 6.12. The third kappa shape index (κ3) is 3.81. The van der Waals surface area contributed by atoms with Crippen LogP contribution in [0.25, 0.3) is 28.0 Å². The first-order valence-electron chi connectivity index (χ1n) is 11.2. The Kier molecular flexibility index (Phi) is 5.74. The fourth-order valence-electron chi connectivity index (χ4n) is 4.39. The molecule has 0 unspecified atom stereocenters. The van der Waals surface area contributed by atoms with Crippen LogP contribution in [0.3, 0.4) is 0 Å². The number of aromatic amines is 1. The number of carbonyl (C=O) groups is 1. The smallest absolute Gasteiger partial charge is 0.235 e. The van der Waals surface area contributed by atoms with E-state index in [4.69, 9.17) is 0 Å². The molecular formula is C25H27N5OS. The van der Waals surface area contributed by atoms with Gasteiger partial charge in [-0.3, -0.25) is 9.36 Å². The molecule has 0 aliphatic carbocycles. The Morgan fingerprint density at radius 1 is 1.03 bits per heavy atom.